The van der Waals surface area contributed by atoms with Crippen LogP contribution in [0.4, 0.5) is 0 Å². The van der Waals surface area contributed by atoms with Crippen LogP contribution in [0.15, 0.2) is 70.9 Å². The molecule has 1 N–H and O–H groups in total. The lowest BCUT2D eigenvalue weighted by atomic mass is 10.1. The fourth-order valence-corrected chi connectivity index (χ4v) is 2.94. The third-order valence-corrected chi connectivity index (χ3v) is 4.58. The number of hydrogen-bond donors (Lipinski definition) is 1. The molecule has 0 aliphatic heterocycles. The molecule has 0 bridgehead atoms. The number of carbonyl (C=O) groups is 2. The molecule has 0 aliphatic rings. The Bertz CT molecular complexity index is 1210. The van der Waals surface area contributed by atoms with Gasteiger partial charge in [-0.3, -0.25) is 4.79 Å². The zero-order chi connectivity index (χ0) is 25.0. The number of hydrogen-bond acceptors (Lipinski definition) is 8. The molecular formula is C26H24N2O7. The van der Waals surface area contributed by atoms with Gasteiger partial charge in [-0.2, -0.15) is 5.26 Å². The Balaban J connectivity index is 1.60. The minimum Gasteiger partial charge on any atom is -0.494 e. The molecule has 0 aliphatic carbocycles. The van der Waals surface area contributed by atoms with Gasteiger partial charge in [-0.05, 0) is 67.1 Å². The predicted molar refractivity (Wildman–Crippen MR) is 126 cm³/mol. The molecule has 0 saturated heterocycles. The van der Waals surface area contributed by atoms with Crippen molar-refractivity contribution in [1.82, 2.24) is 5.32 Å². The number of nitrogens with zero attached hydrogens (tertiary/aromatic N) is 1. The largest absolute Gasteiger partial charge is 0.494 e. The number of rotatable bonds is 11. The van der Waals surface area contributed by atoms with E-state index in [-0.39, 0.29) is 30.2 Å². The second-order valence-corrected chi connectivity index (χ2v) is 7.01. The number of ether oxygens (including phenoxy) is 4. The van der Waals surface area contributed by atoms with Crippen molar-refractivity contribution in [3.63, 3.8) is 0 Å². The first-order valence-electron chi connectivity index (χ1n) is 10.7. The summed E-state index contributed by atoms with van der Waals surface area (Å²) in [6.07, 6.45) is 2.90. The maximum atomic E-state index is 12.3. The van der Waals surface area contributed by atoms with Crippen molar-refractivity contribution in [2.45, 2.75) is 13.5 Å². The zero-order valence-electron chi connectivity index (χ0n) is 19.3. The average molecular weight is 476 g/mol. The SMILES string of the molecule is CCOc1ccc(OCC(=O)Oc2ccc(/C=C(\C#N)C(=O)NCc3ccco3)cc2OC)cc1. The number of nitriles is 1. The normalized spacial score (nSPS) is 10.7. The molecule has 35 heavy (non-hydrogen) atoms. The van der Waals surface area contributed by atoms with E-state index in [0.717, 1.165) is 0 Å². The number of esters is 1. The minimum atomic E-state index is -0.629. The number of amides is 1. The van der Waals surface area contributed by atoms with Crippen molar-refractivity contribution in [3.8, 4) is 29.1 Å². The fourth-order valence-electron chi connectivity index (χ4n) is 2.94. The highest BCUT2D eigenvalue weighted by Gasteiger charge is 2.14. The molecule has 1 amide bonds. The van der Waals surface area contributed by atoms with E-state index in [0.29, 0.717) is 29.4 Å². The third-order valence-electron chi connectivity index (χ3n) is 4.58. The van der Waals surface area contributed by atoms with E-state index in [1.807, 2.05) is 13.0 Å². The van der Waals surface area contributed by atoms with Crippen molar-refractivity contribution in [2.24, 2.45) is 0 Å². The van der Waals surface area contributed by atoms with Gasteiger partial charge in [0.15, 0.2) is 18.1 Å². The van der Waals surface area contributed by atoms with Crippen molar-refractivity contribution >= 4 is 18.0 Å². The van der Waals surface area contributed by atoms with E-state index in [1.54, 1.807) is 48.5 Å². The summed E-state index contributed by atoms with van der Waals surface area (Å²) in [5.41, 5.74) is 0.407. The molecule has 0 atom stereocenters. The lowest BCUT2D eigenvalue weighted by molar-refractivity contribution is -0.136. The summed E-state index contributed by atoms with van der Waals surface area (Å²) in [7, 11) is 1.41. The number of methoxy groups -OCH3 is 1. The summed E-state index contributed by atoms with van der Waals surface area (Å²) in [4.78, 5) is 24.6. The molecule has 1 heterocycles. The van der Waals surface area contributed by atoms with Gasteiger partial charge < -0.3 is 28.7 Å². The highest BCUT2D eigenvalue weighted by atomic mass is 16.6. The summed E-state index contributed by atoms with van der Waals surface area (Å²) >= 11 is 0. The average Bonchev–Trinajstić information content (AvgIpc) is 3.40. The second kappa shape index (κ2) is 12.5. The van der Waals surface area contributed by atoms with Crippen LogP contribution >= 0.6 is 0 Å². The number of furan rings is 1. The minimum absolute atomic E-state index is 0.105. The molecule has 1 aromatic heterocycles. The Hall–Kier alpha value is -4.71. The van der Waals surface area contributed by atoms with Crippen LogP contribution in [0.2, 0.25) is 0 Å². The number of nitrogens with one attached hydrogen (secondary N) is 1. The third kappa shape index (κ3) is 7.40. The number of carbonyl (C=O) groups excluding carboxylic acids is 2. The maximum absolute atomic E-state index is 12.3. The zero-order valence-corrected chi connectivity index (χ0v) is 19.3. The van der Waals surface area contributed by atoms with Crippen LogP contribution in [0.25, 0.3) is 6.08 Å². The van der Waals surface area contributed by atoms with Crippen LogP contribution in [0.3, 0.4) is 0 Å². The molecule has 0 fully saturated rings. The topological polar surface area (TPSA) is 120 Å². The summed E-state index contributed by atoms with van der Waals surface area (Å²) < 4.78 is 26.6. The number of benzene rings is 2. The Morgan fingerprint density at radius 1 is 1.06 bits per heavy atom. The molecule has 0 saturated carbocycles. The van der Waals surface area contributed by atoms with Gasteiger partial charge in [0.1, 0.15) is 28.9 Å². The quantitative estimate of drug-likeness (QED) is 0.192. The van der Waals surface area contributed by atoms with Crippen LogP contribution in [-0.4, -0.2) is 32.2 Å². The van der Waals surface area contributed by atoms with Gasteiger partial charge in [0.05, 0.1) is 26.5 Å². The van der Waals surface area contributed by atoms with Gasteiger partial charge in [0, 0.05) is 0 Å². The van der Waals surface area contributed by atoms with E-state index in [4.69, 9.17) is 23.4 Å². The summed E-state index contributed by atoms with van der Waals surface area (Å²) in [6, 6.07) is 16.8. The molecule has 180 valence electrons. The lowest BCUT2D eigenvalue weighted by Crippen LogP contribution is -2.23. The monoisotopic (exact) mass is 476 g/mol. The van der Waals surface area contributed by atoms with E-state index < -0.39 is 11.9 Å². The van der Waals surface area contributed by atoms with Gasteiger partial charge in [-0.15, -0.1) is 0 Å². The van der Waals surface area contributed by atoms with Gasteiger partial charge in [-0.1, -0.05) is 6.07 Å². The van der Waals surface area contributed by atoms with Crippen LogP contribution in [-0.2, 0) is 16.1 Å². The Morgan fingerprint density at radius 3 is 2.43 bits per heavy atom. The molecule has 3 aromatic rings. The highest BCUT2D eigenvalue weighted by molar-refractivity contribution is 6.01. The van der Waals surface area contributed by atoms with Crippen molar-refractivity contribution < 1.29 is 33.0 Å². The molecule has 2 aromatic carbocycles. The molecule has 3 rings (SSSR count). The van der Waals surface area contributed by atoms with E-state index in [2.05, 4.69) is 5.32 Å². The van der Waals surface area contributed by atoms with Crippen molar-refractivity contribution in [1.29, 1.82) is 5.26 Å². The Kier molecular flexibility index (Phi) is 8.91. The maximum Gasteiger partial charge on any atom is 0.349 e. The van der Waals surface area contributed by atoms with Gasteiger partial charge in [0.2, 0.25) is 0 Å². The van der Waals surface area contributed by atoms with E-state index in [1.165, 1.54) is 25.5 Å². The first-order chi connectivity index (χ1) is 17.0. The van der Waals surface area contributed by atoms with Crippen LogP contribution in [0, 0.1) is 11.3 Å². The van der Waals surface area contributed by atoms with Crippen molar-refractivity contribution in [3.05, 3.63) is 77.8 Å². The van der Waals surface area contributed by atoms with Crippen molar-refractivity contribution in [2.75, 3.05) is 20.3 Å². The fraction of sp³-hybridized carbons (Fsp3) is 0.192. The lowest BCUT2D eigenvalue weighted by Gasteiger charge is -2.11. The predicted octanol–water partition coefficient (Wildman–Crippen LogP) is 3.89. The molecule has 9 heteroatoms. The van der Waals surface area contributed by atoms with Gasteiger partial charge in [0.25, 0.3) is 5.91 Å². The summed E-state index contributed by atoms with van der Waals surface area (Å²) in [5, 5.41) is 12.0. The smallest absolute Gasteiger partial charge is 0.349 e. The standard InChI is InChI=1S/C26H24N2O7/c1-3-32-20-7-9-21(10-8-20)34-17-25(29)35-23-11-6-18(14-24(23)31-2)13-19(15-27)26(30)28-16-22-5-4-12-33-22/h4-14H,3,16-17H2,1-2H3,(H,28,30)/b19-13+. The van der Waals surface area contributed by atoms with E-state index >= 15 is 0 Å². The van der Waals surface area contributed by atoms with Gasteiger partial charge >= 0.3 is 5.97 Å². The summed E-state index contributed by atoms with van der Waals surface area (Å²) in [6.45, 7) is 2.29. The summed E-state index contributed by atoms with van der Waals surface area (Å²) in [5.74, 6) is 1.01. The first-order valence-corrected chi connectivity index (χ1v) is 10.7. The molecule has 0 radical (unpaired) electrons. The van der Waals surface area contributed by atoms with E-state index in [9.17, 15) is 14.9 Å². The van der Waals surface area contributed by atoms with Crippen LogP contribution in [0.1, 0.15) is 18.2 Å². The van der Waals surface area contributed by atoms with Crippen LogP contribution in [0.5, 0.6) is 23.0 Å². The van der Waals surface area contributed by atoms with Crippen LogP contribution < -0.4 is 24.3 Å². The highest BCUT2D eigenvalue weighted by Crippen LogP contribution is 2.29. The second-order valence-electron chi connectivity index (χ2n) is 7.01. The molecule has 0 unspecified atom stereocenters. The van der Waals surface area contributed by atoms with Gasteiger partial charge in [-0.25, -0.2) is 4.79 Å². The first kappa shape index (κ1) is 24.9. The Labute approximate surface area is 202 Å². The molecular weight excluding hydrogens is 452 g/mol. The molecule has 9 nitrogen and oxygen atoms in total. The molecule has 0 spiro atoms. The Morgan fingerprint density at radius 2 is 1.80 bits per heavy atom.